The Bertz CT molecular complexity index is 151. The molecule has 0 bridgehead atoms. The molecule has 1 N–H and O–H groups in total. The molecule has 1 unspecified atom stereocenters. The van der Waals surface area contributed by atoms with Crippen LogP contribution in [0.25, 0.3) is 0 Å². The second-order valence-electron chi connectivity index (χ2n) is 5.06. The van der Waals surface area contributed by atoms with Gasteiger partial charge < -0.3 is 10.0 Å². The minimum absolute atomic E-state index is 0.123. The Labute approximate surface area is 94.7 Å². The Hall–Kier alpha value is -0.0800. The molecule has 1 aliphatic heterocycles. The third-order valence-electron chi connectivity index (χ3n) is 3.50. The fraction of sp³-hybridized carbons (Fsp3) is 1.00. The average Bonchev–Trinajstić information content (AvgIpc) is 2.20. The number of aliphatic hydroxyl groups is 1. The lowest BCUT2D eigenvalue weighted by Crippen LogP contribution is -2.34. The number of likely N-dealkylation sites (tertiary alicyclic amines) is 1. The van der Waals surface area contributed by atoms with Crippen LogP contribution in [0, 0.1) is 5.92 Å². The lowest BCUT2D eigenvalue weighted by Gasteiger charge is -2.31. The molecule has 0 radical (unpaired) electrons. The van der Waals surface area contributed by atoms with Crippen molar-refractivity contribution in [3.8, 4) is 0 Å². The van der Waals surface area contributed by atoms with Crippen LogP contribution in [-0.4, -0.2) is 35.7 Å². The molecule has 0 aromatic heterocycles. The molecule has 0 aromatic rings. The number of piperidine rings is 1. The molecule has 1 fully saturated rings. The maximum absolute atomic E-state index is 9.18. The Morgan fingerprint density at radius 3 is 2.53 bits per heavy atom. The van der Waals surface area contributed by atoms with Crippen molar-refractivity contribution in [1.29, 1.82) is 0 Å². The highest BCUT2D eigenvalue weighted by atomic mass is 16.3. The minimum atomic E-state index is -0.123. The Balaban J connectivity index is 2.04. The molecule has 0 spiro atoms. The van der Waals surface area contributed by atoms with Crippen molar-refractivity contribution < 1.29 is 5.11 Å². The zero-order chi connectivity index (χ0) is 11.1. The van der Waals surface area contributed by atoms with Gasteiger partial charge in [-0.1, -0.05) is 19.8 Å². The Morgan fingerprint density at radius 2 is 2.00 bits per heavy atom. The molecule has 0 saturated carbocycles. The van der Waals surface area contributed by atoms with Crippen LogP contribution in [0.2, 0.25) is 0 Å². The van der Waals surface area contributed by atoms with Crippen LogP contribution in [0.5, 0.6) is 0 Å². The van der Waals surface area contributed by atoms with Gasteiger partial charge in [-0.3, -0.25) is 0 Å². The molecule has 1 aliphatic rings. The summed E-state index contributed by atoms with van der Waals surface area (Å²) in [6.45, 7) is 7.92. The van der Waals surface area contributed by atoms with Gasteiger partial charge in [0.15, 0.2) is 0 Å². The number of nitrogens with zero attached hydrogens (tertiary/aromatic N) is 1. The van der Waals surface area contributed by atoms with Gasteiger partial charge in [0.25, 0.3) is 0 Å². The first-order valence-corrected chi connectivity index (χ1v) is 6.62. The normalized spacial score (nSPS) is 21.8. The maximum Gasteiger partial charge on any atom is 0.0512 e. The third kappa shape index (κ3) is 5.53. The standard InChI is InChI=1S/C13H27NO/c1-3-5-13-7-10-14(11-8-13)9-4-6-12(2)15/h12-13,15H,3-11H2,1-2H3. The van der Waals surface area contributed by atoms with Gasteiger partial charge in [0.2, 0.25) is 0 Å². The summed E-state index contributed by atoms with van der Waals surface area (Å²) >= 11 is 0. The van der Waals surface area contributed by atoms with Crippen molar-refractivity contribution in [3.05, 3.63) is 0 Å². The lowest BCUT2D eigenvalue weighted by atomic mass is 9.92. The predicted molar refractivity (Wildman–Crippen MR) is 65.0 cm³/mol. The van der Waals surface area contributed by atoms with Gasteiger partial charge in [-0.05, 0) is 58.2 Å². The smallest absolute Gasteiger partial charge is 0.0512 e. The fourth-order valence-electron chi connectivity index (χ4n) is 2.52. The van der Waals surface area contributed by atoms with Crippen LogP contribution in [0.1, 0.15) is 52.4 Å². The summed E-state index contributed by atoms with van der Waals surface area (Å²) in [7, 11) is 0. The Kier molecular flexibility index (Phi) is 6.26. The van der Waals surface area contributed by atoms with Crippen molar-refractivity contribution in [2.24, 2.45) is 5.92 Å². The van der Waals surface area contributed by atoms with Crippen molar-refractivity contribution >= 4 is 0 Å². The zero-order valence-corrected chi connectivity index (χ0v) is 10.4. The van der Waals surface area contributed by atoms with Crippen LogP contribution in [-0.2, 0) is 0 Å². The van der Waals surface area contributed by atoms with Crippen molar-refractivity contribution in [3.63, 3.8) is 0 Å². The van der Waals surface area contributed by atoms with Crippen molar-refractivity contribution in [2.45, 2.75) is 58.5 Å². The van der Waals surface area contributed by atoms with Gasteiger partial charge in [-0.15, -0.1) is 0 Å². The van der Waals surface area contributed by atoms with E-state index in [1.807, 2.05) is 6.92 Å². The number of hydrogen-bond acceptors (Lipinski definition) is 2. The maximum atomic E-state index is 9.18. The first-order chi connectivity index (χ1) is 7.22. The fourth-order valence-corrected chi connectivity index (χ4v) is 2.52. The SMILES string of the molecule is CCCC1CCN(CCCC(C)O)CC1. The number of hydrogen-bond donors (Lipinski definition) is 1. The van der Waals surface area contributed by atoms with Crippen LogP contribution in [0.4, 0.5) is 0 Å². The summed E-state index contributed by atoms with van der Waals surface area (Å²) in [5.74, 6) is 0.989. The molecule has 90 valence electrons. The molecular formula is C13H27NO. The second kappa shape index (κ2) is 7.24. The van der Waals surface area contributed by atoms with E-state index in [0.717, 1.165) is 18.8 Å². The number of rotatable bonds is 6. The molecule has 1 atom stereocenters. The van der Waals surface area contributed by atoms with E-state index in [4.69, 9.17) is 0 Å². The summed E-state index contributed by atoms with van der Waals surface area (Å²) < 4.78 is 0. The van der Waals surface area contributed by atoms with E-state index in [0.29, 0.717) is 0 Å². The van der Waals surface area contributed by atoms with E-state index in [1.54, 1.807) is 0 Å². The monoisotopic (exact) mass is 213 g/mol. The van der Waals surface area contributed by atoms with Crippen LogP contribution in [0.3, 0.4) is 0 Å². The first kappa shape index (κ1) is 13.0. The van der Waals surface area contributed by atoms with Crippen LogP contribution in [0.15, 0.2) is 0 Å². The lowest BCUT2D eigenvalue weighted by molar-refractivity contribution is 0.150. The molecule has 1 heterocycles. The van der Waals surface area contributed by atoms with Gasteiger partial charge >= 0.3 is 0 Å². The quantitative estimate of drug-likeness (QED) is 0.733. The van der Waals surface area contributed by atoms with Crippen molar-refractivity contribution in [1.82, 2.24) is 4.90 Å². The van der Waals surface area contributed by atoms with E-state index >= 15 is 0 Å². The van der Waals surface area contributed by atoms with Crippen LogP contribution < -0.4 is 0 Å². The summed E-state index contributed by atoms with van der Waals surface area (Å²) in [4.78, 5) is 2.56. The number of aliphatic hydroxyl groups excluding tert-OH is 1. The highest BCUT2D eigenvalue weighted by Gasteiger charge is 2.17. The van der Waals surface area contributed by atoms with E-state index in [-0.39, 0.29) is 6.10 Å². The molecule has 0 aromatic carbocycles. The molecule has 2 heteroatoms. The summed E-state index contributed by atoms with van der Waals surface area (Å²) in [5.41, 5.74) is 0. The minimum Gasteiger partial charge on any atom is -0.393 e. The van der Waals surface area contributed by atoms with Gasteiger partial charge in [-0.2, -0.15) is 0 Å². The molecule has 1 rings (SSSR count). The van der Waals surface area contributed by atoms with E-state index in [9.17, 15) is 5.11 Å². The predicted octanol–water partition coefficient (Wildman–Crippen LogP) is 2.66. The van der Waals surface area contributed by atoms with Gasteiger partial charge in [-0.25, -0.2) is 0 Å². The third-order valence-corrected chi connectivity index (χ3v) is 3.50. The van der Waals surface area contributed by atoms with Crippen LogP contribution >= 0.6 is 0 Å². The molecule has 0 amide bonds. The van der Waals surface area contributed by atoms with E-state index in [2.05, 4.69) is 11.8 Å². The first-order valence-electron chi connectivity index (χ1n) is 6.62. The molecule has 2 nitrogen and oxygen atoms in total. The van der Waals surface area contributed by atoms with Crippen molar-refractivity contribution in [2.75, 3.05) is 19.6 Å². The molecular weight excluding hydrogens is 186 g/mol. The van der Waals surface area contributed by atoms with E-state index in [1.165, 1.54) is 45.3 Å². The zero-order valence-electron chi connectivity index (χ0n) is 10.4. The Morgan fingerprint density at radius 1 is 1.33 bits per heavy atom. The van der Waals surface area contributed by atoms with Gasteiger partial charge in [0, 0.05) is 0 Å². The average molecular weight is 213 g/mol. The van der Waals surface area contributed by atoms with E-state index < -0.39 is 0 Å². The molecule has 15 heavy (non-hydrogen) atoms. The summed E-state index contributed by atoms with van der Waals surface area (Å²) in [6.07, 6.45) is 7.52. The molecule has 1 saturated heterocycles. The summed E-state index contributed by atoms with van der Waals surface area (Å²) in [5, 5.41) is 9.18. The highest BCUT2D eigenvalue weighted by Crippen LogP contribution is 2.21. The van der Waals surface area contributed by atoms with Gasteiger partial charge in [0.1, 0.15) is 0 Å². The highest BCUT2D eigenvalue weighted by molar-refractivity contribution is 4.72. The van der Waals surface area contributed by atoms with Gasteiger partial charge in [0.05, 0.1) is 6.10 Å². The largest absolute Gasteiger partial charge is 0.393 e. The molecule has 0 aliphatic carbocycles. The summed E-state index contributed by atoms with van der Waals surface area (Å²) in [6, 6.07) is 0. The topological polar surface area (TPSA) is 23.5 Å². The second-order valence-corrected chi connectivity index (χ2v) is 5.06.